The standard InChI is InChI=1S/C28H31N5O7/c1-12(2)16-11-33(31-30-16)17-3-4-18(34)20-14(17)9-13-10-15-21(25(36)19(13)24(20)35)26(37)22(28(29)39)27(38)23(15)32-5-7-40-8-6-32/h3-4,11-13,15,21,23,34-35,37H,5-10H2,1-2H3,(H2,29,39)/t13-,15+,21?,23+/m0/s1. The maximum absolute atomic E-state index is 14.0. The molecule has 1 aromatic carbocycles. The van der Waals surface area contributed by atoms with Crippen molar-refractivity contribution in [2.24, 2.45) is 23.5 Å². The summed E-state index contributed by atoms with van der Waals surface area (Å²) in [5, 5.41) is 41.8. The molecule has 0 radical (unpaired) electrons. The van der Waals surface area contributed by atoms with Crippen molar-refractivity contribution in [3.05, 3.63) is 52.1 Å². The second-order valence-corrected chi connectivity index (χ2v) is 11.2. The number of nitrogens with zero attached hydrogens (tertiary/aromatic N) is 4. The van der Waals surface area contributed by atoms with E-state index < -0.39 is 52.6 Å². The highest BCUT2D eigenvalue weighted by atomic mass is 16.5. The van der Waals surface area contributed by atoms with E-state index in [1.54, 1.807) is 16.9 Å². The summed E-state index contributed by atoms with van der Waals surface area (Å²) >= 11 is 0. The number of phenols is 1. The number of primary amides is 1. The number of morpholine rings is 1. The van der Waals surface area contributed by atoms with Gasteiger partial charge in [0.25, 0.3) is 5.91 Å². The van der Waals surface area contributed by atoms with Crippen molar-refractivity contribution < 1.29 is 34.4 Å². The molecule has 5 N–H and O–H groups in total. The lowest BCUT2D eigenvalue weighted by atomic mass is 9.59. The van der Waals surface area contributed by atoms with E-state index in [0.29, 0.717) is 37.6 Å². The summed E-state index contributed by atoms with van der Waals surface area (Å²) in [6, 6.07) is 2.26. The van der Waals surface area contributed by atoms with Crippen molar-refractivity contribution in [2.75, 3.05) is 26.3 Å². The van der Waals surface area contributed by atoms with Crippen LogP contribution in [-0.4, -0.2) is 85.0 Å². The summed E-state index contributed by atoms with van der Waals surface area (Å²) in [6.07, 6.45) is 2.35. The van der Waals surface area contributed by atoms with Gasteiger partial charge in [-0.25, -0.2) is 4.68 Å². The highest BCUT2D eigenvalue weighted by Crippen LogP contribution is 2.51. The molecular weight excluding hydrogens is 518 g/mol. The number of phenolic OH excluding ortho intramolecular Hbond substituents is 1. The Labute approximate surface area is 229 Å². The monoisotopic (exact) mass is 549 g/mol. The molecule has 3 aliphatic carbocycles. The average Bonchev–Trinajstić information content (AvgIpc) is 3.39. The summed E-state index contributed by atoms with van der Waals surface area (Å²) in [4.78, 5) is 41.8. The lowest BCUT2D eigenvalue weighted by Gasteiger charge is -2.48. The molecule has 0 spiro atoms. The van der Waals surface area contributed by atoms with Gasteiger partial charge in [-0.2, -0.15) is 0 Å². The smallest absolute Gasteiger partial charge is 0.255 e. The molecule has 2 fully saturated rings. The van der Waals surface area contributed by atoms with Crippen LogP contribution in [-0.2, 0) is 25.5 Å². The van der Waals surface area contributed by atoms with Crippen molar-refractivity contribution in [3.63, 3.8) is 0 Å². The molecule has 1 amide bonds. The summed E-state index contributed by atoms with van der Waals surface area (Å²) in [6.45, 7) is 5.61. The van der Waals surface area contributed by atoms with E-state index in [0.717, 1.165) is 5.69 Å². The predicted octanol–water partition coefficient (Wildman–Crippen LogP) is 1.32. The molecule has 0 bridgehead atoms. The van der Waals surface area contributed by atoms with E-state index in [-0.39, 0.29) is 41.4 Å². The van der Waals surface area contributed by atoms with E-state index in [1.165, 1.54) is 6.07 Å². The topological polar surface area (TPSA) is 181 Å². The van der Waals surface area contributed by atoms with Gasteiger partial charge in [-0.05, 0) is 48.3 Å². The van der Waals surface area contributed by atoms with E-state index in [2.05, 4.69) is 10.3 Å². The van der Waals surface area contributed by atoms with Gasteiger partial charge < -0.3 is 25.8 Å². The lowest BCUT2D eigenvalue weighted by molar-refractivity contribution is -0.135. The minimum Gasteiger partial charge on any atom is -0.511 e. The molecule has 1 saturated heterocycles. The SMILES string of the molecule is CC(C)c1cn(-c2ccc(O)c3c2C[C@H]2C[C@@H]4C(C(=O)C2=C3O)C(O)=C(C(N)=O)C(=O)[C@@H]4N2CCOCC2)nn1. The van der Waals surface area contributed by atoms with Gasteiger partial charge >= 0.3 is 0 Å². The molecule has 12 heteroatoms. The highest BCUT2D eigenvalue weighted by Gasteiger charge is 2.56. The van der Waals surface area contributed by atoms with Gasteiger partial charge in [-0.3, -0.25) is 19.3 Å². The van der Waals surface area contributed by atoms with Gasteiger partial charge in [-0.15, -0.1) is 5.10 Å². The van der Waals surface area contributed by atoms with E-state index >= 15 is 0 Å². The van der Waals surface area contributed by atoms with E-state index in [9.17, 15) is 29.7 Å². The van der Waals surface area contributed by atoms with Crippen molar-refractivity contribution in [1.82, 2.24) is 19.9 Å². The zero-order valence-electron chi connectivity index (χ0n) is 22.2. The number of carbonyl (C=O) groups excluding carboxylic acids is 3. The third-order valence-corrected chi connectivity index (χ3v) is 8.66. The molecule has 6 rings (SSSR count). The summed E-state index contributed by atoms with van der Waals surface area (Å²) in [7, 11) is 0. The number of nitrogens with two attached hydrogens (primary N) is 1. The number of rotatable bonds is 4. The Balaban J connectivity index is 1.49. The van der Waals surface area contributed by atoms with Crippen LogP contribution >= 0.6 is 0 Å². The maximum atomic E-state index is 14.0. The van der Waals surface area contributed by atoms with Crippen molar-refractivity contribution >= 4 is 23.2 Å². The molecule has 1 unspecified atom stereocenters. The largest absolute Gasteiger partial charge is 0.511 e. The Morgan fingerprint density at radius 1 is 1.12 bits per heavy atom. The summed E-state index contributed by atoms with van der Waals surface area (Å²) in [5.74, 6) is -5.76. The molecule has 210 valence electrons. The second-order valence-electron chi connectivity index (χ2n) is 11.2. The number of ether oxygens (including phenoxy) is 1. The first-order valence-corrected chi connectivity index (χ1v) is 13.4. The molecule has 12 nitrogen and oxygen atoms in total. The van der Waals surface area contributed by atoms with Crippen LogP contribution in [0.1, 0.15) is 43.0 Å². The number of aromatic hydroxyl groups is 1. The number of Topliss-reactive ketones (excluding diaryl/α,β-unsaturated/α-hetero) is 2. The summed E-state index contributed by atoms with van der Waals surface area (Å²) < 4.78 is 7.04. The first-order chi connectivity index (χ1) is 19.1. The molecule has 1 aromatic heterocycles. The van der Waals surface area contributed by atoms with Gasteiger partial charge in [0.1, 0.15) is 22.8 Å². The minimum absolute atomic E-state index is 0.0631. The number of fused-ring (bicyclic) bond motifs is 3. The van der Waals surface area contributed by atoms with Crippen molar-refractivity contribution in [1.29, 1.82) is 0 Å². The zero-order chi connectivity index (χ0) is 28.5. The van der Waals surface area contributed by atoms with Crippen LogP contribution < -0.4 is 5.73 Å². The van der Waals surface area contributed by atoms with Crippen molar-refractivity contribution in [2.45, 2.75) is 38.6 Å². The highest BCUT2D eigenvalue weighted by molar-refractivity contribution is 6.23. The van der Waals surface area contributed by atoms with Gasteiger partial charge in [-0.1, -0.05) is 19.1 Å². The number of hydrogen-bond acceptors (Lipinski definition) is 10. The minimum atomic E-state index is -1.22. The van der Waals surface area contributed by atoms with Gasteiger partial charge in [0.2, 0.25) is 0 Å². The molecular formula is C28H31N5O7. The number of allylic oxidation sites excluding steroid dienone is 2. The molecule has 4 aliphatic rings. The lowest BCUT2D eigenvalue weighted by Crippen LogP contribution is -2.59. The van der Waals surface area contributed by atoms with Crippen LogP contribution in [0.4, 0.5) is 0 Å². The molecule has 40 heavy (non-hydrogen) atoms. The number of aliphatic hydroxyl groups is 2. The Kier molecular flexibility index (Phi) is 6.26. The van der Waals surface area contributed by atoms with Crippen LogP contribution in [0.2, 0.25) is 0 Å². The number of hydrogen-bond donors (Lipinski definition) is 4. The quantitative estimate of drug-likeness (QED) is 0.406. The first kappa shape index (κ1) is 26.2. The fourth-order valence-electron chi connectivity index (χ4n) is 6.79. The first-order valence-electron chi connectivity index (χ1n) is 13.4. The van der Waals surface area contributed by atoms with E-state index in [1.807, 2.05) is 18.7 Å². The third kappa shape index (κ3) is 3.85. The Bertz CT molecular complexity index is 1500. The van der Waals surface area contributed by atoms with Crippen LogP contribution in [0.3, 0.4) is 0 Å². The number of aliphatic hydroxyl groups excluding tert-OH is 2. The molecule has 2 heterocycles. The fourth-order valence-corrected chi connectivity index (χ4v) is 6.79. The molecule has 2 aromatic rings. The maximum Gasteiger partial charge on any atom is 0.255 e. The van der Waals surface area contributed by atoms with Gasteiger partial charge in [0.15, 0.2) is 11.6 Å². The average molecular weight is 550 g/mol. The van der Waals surface area contributed by atoms with Crippen LogP contribution in [0, 0.1) is 17.8 Å². The predicted molar refractivity (Wildman–Crippen MR) is 140 cm³/mol. The molecule has 1 saturated carbocycles. The Morgan fingerprint density at radius 2 is 1.85 bits per heavy atom. The Hall–Kier alpha value is -4.03. The van der Waals surface area contributed by atoms with E-state index in [4.69, 9.17) is 10.5 Å². The number of ketones is 2. The second kappa shape index (κ2) is 9.56. The van der Waals surface area contributed by atoms with Gasteiger partial charge in [0, 0.05) is 18.7 Å². The van der Waals surface area contributed by atoms with Crippen LogP contribution in [0.15, 0.2) is 35.2 Å². The Morgan fingerprint density at radius 3 is 2.50 bits per heavy atom. The zero-order valence-corrected chi connectivity index (χ0v) is 22.2. The molecule has 4 atom stereocenters. The van der Waals surface area contributed by atoms with Crippen LogP contribution in [0.5, 0.6) is 5.75 Å². The number of benzene rings is 1. The number of carbonyl (C=O) groups is 3. The van der Waals surface area contributed by atoms with Crippen molar-refractivity contribution in [3.8, 4) is 11.4 Å². The van der Waals surface area contributed by atoms with Crippen LogP contribution in [0.25, 0.3) is 11.4 Å². The van der Waals surface area contributed by atoms with Gasteiger partial charge in [0.05, 0.1) is 48.3 Å². The third-order valence-electron chi connectivity index (χ3n) is 8.66. The molecule has 1 aliphatic heterocycles. The number of aromatic nitrogens is 3. The number of amides is 1. The summed E-state index contributed by atoms with van der Waals surface area (Å²) in [5.41, 5.74) is 7.09. The normalized spacial score (nSPS) is 27.1. The fraction of sp³-hybridized carbons (Fsp3) is 0.464.